The van der Waals surface area contributed by atoms with Crippen molar-refractivity contribution in [2.24, 2.45) is 0 Å². The maximum absolute atomic E-state index is 13.2. The summed E-state index contributed by atoms with van der Waals surface area (Å²) in [6.07, 6.45) is 5.05. The second kappa shape index (κ2) is 7.66. The van der Waals surface area contributed by atoms with E-state index in [9.17, 15) is 18.8 Å². The van der Waals surface area contributed by atoms with E-state index in [1.807, 2.05) is 0 Å². The van der Waals surface area contributed by atoms with Crippen molar-refractivity contribution in [2.75, 3.05) is 6.54 Å². The van der Waals surface area contributed by atoms with E-state index in [-0.39, 0.29) is 24.3 Å². The zero-order valence-corrected chi connectivity index (χ0v) is 15.8. The lowest BCUT2D eigenvalue weighted by molar-refractivity contribution is -0.140. The van der Waals surface area contributed by atoms with Crippen molar-refractivity contribution in [3.63, 3.8) is 0 Å². The van der Waals surface area contributed by atoms with Crippen LogP contribution in [-0.4, -0.2) is 45.8 Å². The molecule has 6 nitrogen and oxygen atoms in total. The average molecular weight is 375 g/mol. The molecular weight excluding hydrogens is 349 g/mol. The molecule has 146 valence electrons. The first-order valence-corrected chi connectivity index (χ1v) is 9.46. The Kier molecular flexibility index (Phi) is 5.48. The van der Waals surface area contributed by atoms with Crippen LogP contribution in [0.2, 0.25) is 0 Å². The maximum atomic E-state index is 13.2. The first-order valence-electron chi connectivity index (χ1n) is 9.46. The number of halogens is 1. The number of urea groups is 1. The summed E-state index contributed by atoms with van der Waals surface area (Å²) in [5.41, 5.74) is -0.169. The number of carbonyl (C=O) groups excluding carboxylic acids is 3. The lowest BCUT2D eigenvalue weighted by atomic mass is 9.93. The number of hydrogen-bond donors (Lipinski definition) is 1. The molecule has 0 radical (unpaired) electrons. The molecule has 1 aliphatic heterocycles. The molecular formula is C20H26FN3O3. The fraction of sp³-hybridized carbons (Fsp3) is 0.550. The SMILES string of the molecule is CC1(C)NC(=O)N(CC(=O)N(Cc2ccc(F)cc2)C2CCCCC2)C1=O. The molecule has 1 aromatic carbocycles. The number of hydrogen-bond acceptors (Lipinski definition) is 3. The van der Waals surface area contributed by atoms with Gasteiger partial charge in [-0.2, -0.15) is 0 Å². The molecule has 1 saturated carbocycles. The first-order chi connectivity index (χ1) is 12.8. The summed E-state index contributed by atoms with van der Waals surface area (Å²) >= 11 is 0. The predicted molar refractivity (Wildman–Crippen MR) is 98.1 cm³/mol. The van der Waals surface area contributed by atoms with E-state index < -0.39 is 17.5 Å². The Labute approximate surface area is 158 Å². The minimum Gasteiger partial charge on any atom is -0.334 e. The van der Waals surface area contributed by atoms with Crippen LogP contribution in [-0.2, 0) is 16.1 Å². The van der Waals surface area contributed by atoms with Gasteiger partial charge in [-0.1, -0.05) is 31.4 Å². The van der Waals surface area contributed by atoms with Crippen LogP contribution in [0, 0.1) is 5.82 Å². The van der Waals surface area contributed by atoms with E-state index >= 15 is 0 Å². The van der Waals surface area contributed by atoms with Gasteiger partial charge in [0.2, 0.25) is 5.91 Å². The number of amides is 4. The van der Waals surface area contributed by atoms with E-state index in [0.29, 0.717) is 6.54 Å². The van der Waals surface area contributed by atoms with Crippen molar-refractivity contribution in [3.05, 3.63) is 35.6 Å². The number of imide groups is 1. The molecule has 1 aliphatic carbocycles. The second-order valence-corrected chi connectivity index (χ2v) is 7.89. The quantitative estimate of drug-likeness (QED) is 0.805. The summed E-state index contributed by atoms with van der Waals surface area (Å²) in [6, 6.07) is 5.61. The molecule has 1 aromatic rings. The fourth-order valence-corrected chi connectivity index (χ4v) is 3.79. The van der Waals surface area contributed by atoms with Gasteiger partial charge in [0.15, 0.2) is 0 Å². The van der Waals surface area contributed by atoms with Crippen LogP contribution < -0.4 is 5.32 Å². The highest BCUT2D eigenvalue weighted by molar-refractivity contribution is 6.08. The zero-order chi connectivity index (χ0) is 19.6. The molecule has 1 saturated heterocycles. The smallest absolute Gasteiger partial charge is 0.325 e. The Bertz CT molecular complexity index is 726. The predicted octanol–water partition coefficient (Wildman–Crippen LogP) is 2.82. The maximum Gasteiger partial charge on any atom is 0.325 e. The monoisotopic (exact) mass is 375 g/mol. The molecule has 0 aromatic heterocycles. The summed E-state index contributed by atoms with van der Waals surface area (Å²) in [5, 5.41) is 2.60. The molecule has 1 heterocycles. The topological polar surface area (TPSA) is 69.7 Å². The van der Waals surface area contributed by atoms with Gasteiger partial charge in [0.25, 0.3) is 5.91 Å². The van der Waals surface area contributed by atoms with Gasteiger partial charge >= 0.3 is 6.03 Å². The molecule has 0 spiro atoms. The van der Waals surface area contributed by atoms with Crippen molar-refractivity contribution >= 4 is 17.8 Å². The van der Waals surface area contributed by atoms with Gasteiger partial charge < -0.3 is 10.2 Å². The van der Waals surface area contributed by atoms with Crippen LogP contribution in [0.4, 0.5) is 9.18 Å². The van der Waals surface area contributed by atoms with Crippen molar-refractivity contribution in [2.45, 2.75) is 64.1 Å². The average Bonchev–Trinajstić information content (AvgIpc) is 2.83. The third kappa shape index (κ3) is 4.28. The minimum absolute atomic E-state index is 0.0741. The fourth-order valence-electron chi connectivity index (χ4n) is 3.79. The van der Waals surface area contributed by atoms with E-state index in [0.717, 1.165) is 42.6 Å². The van der Waals surface area contributed by atoms with Crippen molar-refractivity contribution in [1.82, 2.24) is 15.1 Å². The Balaban J connectivity index is 1.77. The van der Waals surface area contributed by atoms with Crippen LogP contribution >= 0.6 is 0 Å². The van der Waals surface area contributed by atoms with Crippen LogP contribution in [0.3, 0.4) is 0 Å². The number of benzene rings is 1. The van der Waals surface area contributed by atoms with Crippen LogP contribution in [0.25, 0.3) is 0 Å². The molecule has 0 atom stereocenters. The summed E-state index contributed by atoms with van der Waals surface area (Å²) in [5.74, 6) is -0.977. The van der Waals surface area contributed by atoms with E-state index in [2.05, 4.69) is 5.32 Å². The largest absolute Gasteiger partial charge is 0.334 e. The van der Waals surface area contributed by atoms with Gasteiger partial charge in [-0.3, -0.25) is 14.5 Å². The minimum atomic E-state index is -0.996. The molecule has 0 bridgehead atoms. The first kappa shape index (κ1) is 19.3. The summed E-state index contributed by atoms with van der Waals surface area (Å²) in [7, 11) is 0. The lowest BCUT2D eigenvalue weighted by Gasteiger charge is -2.35. The summed E-state index contributed by atoms with van der Waals surface area (Å²) < 4.78 is 13.2. The lowest BCUT2D eigenvalue weighted by Crippen LogP contribution is -2.48. The summed E-state index contributed by atoms with van der Waals surface area (Å²) in [4.78, 5) is 40.3. The van der Waals surface area contributed by atoms with Gasteiger partial charge in [-0.05, 0) is 44.4 Å². The van der Waals surface area contributed by atoms with Crippen molar-refractivity contribution < 1.29 is 18.8 Å². The van der Waals surface area contributed by atoms with Crippen molar-refractivity contribution in [3.8, 4) is 0 Å². The molecule has 2 aliphatic rings. The number of rotatable bonds is 5. The van der Waals surface area contributed by atoms with Gasteiger partial charge in [0.1, 0.15) is 17.9 Å². The van der Waals surface area contributed by atoms with Gasteiger partial charge in [0.05, 0.1) is 0 Å². The highest BCUT2D eigenvalue weighted by Gasteiger charge is 2.45. The molecule has 4 amide bonds. The number of carbonyl (C=O) groups is 3. The third-order valence-electron chi connectivity index (χ3n) is 5.34. The molecule has 7 heteroatoms. The van der Waals surface area contributed by atoms with Crippen LogP contribution in [0.5, 0.6) is 0 Å². The molecule has 0 unspecified atom stereocenters. The molecule has 3 rings (SSSR count). The zero-order valence-electron chi connectivity index (χ0n) is 15.8. The van der Waals surface area contributed by atoms with Gasteiger partial charge in [0, 0.05) is 12.6 Å². The normalized spacial score (nSPS) is 19.9. The molecule has 1 N–H and O–H groups in total. The van der Waals surface area contributed by atoms with Gasteiger partial charge in [-0.15, -0.1) is 0 Å². The van der Waals surface area contributed by atoms with E-state index in [1.165, 1.54) is 12.1 Å². The highest BCUT2D eigenvalue weighted by atomic mass is 19.1. The van der Waals surface area contributed by atoms with Gasteiger partial charge in [-0.25, -0.2) is 9.18 Å². The number of nitrogens with zero attached hydrogens (tertiary/aromatic N) is 2. The Hall–Kier alpha value is -2.44. The van der Waals surface area contributed by atoms with Crippen molar-refractivity contribution in [1.29, 1.82) is 0 Å². The highest BCUT2D eigenvalue weighted by Crippen LogP contribution is 2.25. The number of nitrogens with one attached hydrogen (secondary N) is 1. The standard InChI is InChI=1S/C20H26FN3O3/c1-20(2)18(26)24(19(27)22-20)13-17(25)23(16-6-4-3-5-7-16)12-14-8-10-15(21)11-9-14/h8-11,16H,3-7,12-13H2,1-2H3,(H,22,27). The second-order valence-electron chi connectivity index (χ2n) is 7.89. The van der Waals surface area contributed by atoms with E-state index in [1.54, 1.807) is 30.9 Å². The summed E-state index contributed by atoms with van der Waals surface area (Å²) in [6.45, 7) is 3.31. The Morgan fingerprint density at radius 2 is 1.81 bits per heavy atom. The van der Waals surface area contributed by atoms with Crippen LogP contribution in [0.15, 0.2) is 24.3 Å². The van der Waals surface area contributed by atoms with Crippen LogP contribution in [0.1, 0.15) is 51.5 Å². The van der Waals surface area contributed by atoms with E-state index in [4.69, 9.17) is 0 Å². The molecule has 27 heavy (non-hydrogen) atoms. The molecule has 2 fully saturated rings. The Morgan fingerprint density at radius 3 is 2.37 bits per heavy atom. The Morgan fingerprint density at radius 1 is 1.19 bits per heavy atom. The third-order valence-corrected chi connectivity index (χ3v) is 5.34.